The Balaban J connectivity index is 1.84. The summed E-state index contributed by atoms with van der Waals surface area (Å²) in [4.78, 5) is 32.3. The molecule has 0 bridgehead atoms. The molecule has 136 valence electrons. The SMILES string of the molecule is CCN(C(=O)CN(C)CC(=O)Nc1ccc(Br)cn1)C1=CCCCC1. The highest BCUT2D eigenvalue weighted by atomic mass is 79.9. The van der Waals surface area contributed by atoms with Crippen molar-refractivity contribution < 1.29 is 9.59 Å². The van der Waals surface area contributed by atoms with Gasteiger partial charge in [0, 0.05) is 22.9 Å². The summed E-state index contributed by atoms with van der Waals surface area (Å²) in [6.07, 6.45) is 8.11. The Bertz CT molecular complexity index is 630. The van der Waals surface area contributed by atoms with Gasteiger partial charge in [-0.3, -0.25) is 14.5 Å². The zero-order valence-electron chi connectivity index (χ0n) is 14.8. The first-order valence-corrected chi connectivity index (χ1v) is 9.38. The number of allylic oxidation sites excluding steroid dienone is 2. The molecule has 0 aliphatic heterocycles. The monoisotopic (exact) mass is 408 g/mol. The Morgan fingerprint density at radius 1 is 1.28 bits per heavy atom. The predicted octanol–water partition coefficient (Wildman–Crippen LogP) is 3.02. The first-order chi connectivity index (χ1) is 12.0. The van der Waals surface area contributed by atoms with E-state index in [1.54, 1.807) is 24.2 Å². The van der Waals surface area contributed by atoms with E-state index in [0.717, 1.165) is 29.4 Å². The first kappa shape index (κ1) is 19.6. The van der Waals surface area contributed by atoms with Crippen molar-refractivity contribution in [1.82, 2.24) is 14.8 Å². The standard InChI is InChI=1S/C18H25BrN4O2/c1-3-23(15-7-5-4-6-8-15)18(25)13-22(2)12-17(24)21-16-10-9-14(19)11-20-16/h7,9-11H,3-6,8,12-13H2,1-2H3,(H,20,21,24). The number of nitrogens with zero attached hydrogens (tertiary/aromatic N) is 3. The van der Waals surface area contributed by atoms with Crippen LogP contribution in [0.5, 0.6) is 0 Å². The fourth-order valence-corrected chi connectivity index (χ4v) is 3.09. The van der Waals surface area contributed by atoms with Crippen molar-refractivity contribution in [1.29, 1.82) is 0 Å². The van der Waals surface area contributed by atoms with Crippen LogP contribution in [0.15, 0.2) is 34.6 Å². The third-order valence-corrected chi connectivity index (χ3v) is 4.51. The molecule has 0 radical (unpaired) electrons. The molecule has 0 unspecified atom stereocenters. The van der Waals surface area contributed by atoms with Gasteiger partial charge in [-0.15, -0.1) is 0 Å². The molecule has 0 aromatic carbocycles. The van der Waals surface area contributed by atoms with Crippen LogP contribution in [-0.2, 0) is 9.59 Å². The first-order valence-electron chi connectivity index (χ1n) is 8.59. The molecule has 0 spiro atoms. The lowest BCUT2D eigenvalue weighted by Gasteiger charge is -2.28. The lowest BCUT2D eigenvalue weighted by molar-refractivity contribution is -0.130. The van der Waals surface area contributed by atoms with Crippen LogP contribution in [0.2, 0.25) is 0 Å². The van der Waals surface area contributed by atoms with E-state index in [9.17, 15) is 9.59 Å². The van der Waals surface area contributed by atoms with Gasteiger partial charge in [0.1, 0.15) is 5.82 Å². The van der Waals surface area contributed by atoms with Gasteiger partial charge in [0.15, 0.2) is 0 Å². The van der Waals surface area contributed by atoms with Gasteiger partial charge in [-0.25, -0.2) is 4.98 Å². The highest BCUT2D eigenvalue weighted by molar-refractivity contribution is 9.10. The molecule has 1 aliphatic rings. The molecule has 1 aromatic rings. The lowest BCUT2D eigenvalue weighted by atomic mass is 10.0. The molecule has 6 nitrogen and oxygen atoms in total. The van der Waals surface area contributed by atoms with Crippen molar-refractivity contribution in [2.24, 2.45) is 0 Å². The van der Waals surface area contributed by atoms with Crippen molar-refractivity contribution >= 4 is 33.6 Å². The van der Waals surface area contributed by atoms with Crippen LogP contribution in [0.25, 0.3) is 0 Å². The van der Waals surface area contributed by atoms with Crippen LogP contribution in [0.1, 0.15) is 32.6 Å². The summed E-state index contributed by atoms with van der Waals surface area (Å²) in [5.74, 6) is 0.341. The van der Waals surface area contributed by atoms with Gasteiger partial charge in [0.2, 0.25) is 11.8 Å². The maximum absolute atomic E-state index is 12.6. The number of halogens is 1. The quantitative estimate of drug-likeness (QED) is 0.752. The Morgan fingerprint density at radius 3 is 2.68 bits per heavy atom. The summed E-state index contributed by atoms with van der Waals surface area (Å²) < 4.78 is 0.852. The Morgan fingerprint density at radius 2 is 2.08 bits per heavy atom. The number of likely N-dealkylation sites (N-methyl/N-ethyl adjacent to an activating group) is 2. The minimum atomic E-state index is -0.190. The van der Waals surface area contributed by atoms with Gasteiger partial charge in [-0.05, 0) is 67.7 Å². The summed E-state index contributed by atoms with van der Waals surface area (Å²) in [6, 6.07) is 3.54. The third-order valence-electron chi connectivity index (χ3n) is 4.04. The molecule has 0 fully saturated rings. The minimum Gasteiger partial charge on any atom is -0.316 e. The van der Waals surface area contributed by atoms with Crippen LogP contribution >= 0.6 is 15.9 Å². The number of hydrogen-bond donors (Lipinski definition) is 1. The van der Waals surface area contributed by atoms with Crippen molar-refractivity contribution in [2.75, 3.05) is 32.0 Å². The molecule has 1 heterocycles. The number of amides is 2. The number of pyridine rings is 1. The van der Waals surface area contributed by atoms with E-state index in [2.05, 4.69) is 32.3 Å². The number of nitrogens with one attached hydrogen (secondary N) is 1. The summed E-state index contributed by atoms with van der Waals surface area (Å²) in [6.45, 7) is 3.00. The number of hydrogen-bond acceptors (Lipinski definition) is 4. The molecule has 7 heteroatoms. The van der Waals surface area contributed by atoms with Gasteiger partial charge in [0.05, 0.1) is 13.1 Å². The molecule has 2 amide bonds. The highest BCUT2D eigenvalue weighted by Gasteiger charge is 2.20. The van der Waals surface area contributed by atoms with Gasteiger partial charge >= 0.3 is 0 Å². The van der Waals surface area contributed by atoms with E-state index < -0.39 is 0 Å². The van der Waals surface area contributed by atoms with Gasteiger partial charge in [-0.2, -0.15) is 0 Å². The van der Waals surface area contributed by atoms with Crippen molar-refractivity contribution in [3.05, 3.63) is 34.6 Å². The van der Waals surface area contributed by atoms with E-state index in [4.69, 9.17) is 0 Å². The van der Waals surface area contributed by atoms with E-state index in [-0.39, 0.29) is 24.9 Å². The van der Waals surface area contributed by atoms with Gasteiger partial charge < -0.3 is 10.2 Å². The molecule has 1 aliphatic carbocycles. The summed E-state index contributed by atoms with van der Waals surface area (Å²) in [5.41, 5.74) is 1.12. The largest absolute Gasteiger partial charge is 0.316 e. The van der Waals surface area contributed by atoms with E-state index in [1.165, 1.54) is 6.42 Å². The molecule has 0 saturated carbocycles. The van der Waals surface area contributed by atoms with Crippen molar-refractivity contribution in [3.63, 3.8) is 0 Å². The van der Waals surface area contributed by atoms with Crippen LogP contribution in [0, 0.1) is 0 Å². The fourth-order valence-electron chi connectivity index (χ4n) is 2.86. The number of aromatic nitrogens is 1. The zero-order valence-corrected chi connectivity index (χ0v) is 16.4. The fraction of sp³-hybridized carbons (Fsp3) is 0.500. The molecular weight excluding hydrogens is 384 g/mol. The number of rotatable bonds is 7. The van der Waals surface area contributed by atoms with Crippen LogP contribution < -0.4 is 5.32 Å². The molecule has 2 rings (SSSR count). The molecule has 0 saturated heterocycles. The van der Waals surface area contributed by atoms with Crippen molar-refractivity contribution in [3.8, 4) is 0 Å². The van der Waals surface area contributed by atoms with Crippen molar-refractivity contribution in [2.45, 2.75) is 32.6 Å². The molecular formula is C18H25BrN4O2. The normalized spacial score (nSPS) is 14.2. The Labute approximate surface area is 157 Å². The van der Waals surface area contributed by atoms with E-state index >= 15 is 0 Å². The lowest BCUT2D eigenvalue weighted by Crippen LogP contribution is -2.41. The number of carbonyl (C=O) groups is 2. The van der Waals surface area contributed by atoms with Gasteiger partial charge in [0.25, 0.3) is 0 Å². The predicted molar refractivity (Wildman–Crippen MR) is 102 cm³/mol. The molecule has 25 heavy (non-hydrogen) atoms. The van der Waals surface area contributed by atoms with Crippen LogP contribution in [0.3, 0.4) is 0 Å². The average molecular weight is 409 g/mol. The molecule has 0 atom stereocenters. The Kier molecular flexibility index (Phi) is 7.58. The maximum Gasteiger partial charge on any atom is 0.240 e. The Hall–Kier alpha value is -1.73. The second-order valence-electron chi connectivity index (χ2n) is 6.16. The second-order valence-corrected chi connectivity index (χ2v) is 7.08. The number of carbonyl (C=O) groups excluding carboxylic acids is 2. The topological polar surface area (TPSA) is 65.5 Å². The molecule has 1 N–H and O–H groups in total. The zero-order chi connectivity index (χ0) is 18.2. The van der Waals surface area contributed by atoms with Gasteiger partial charge in [-0.1, -0.05) is 6.08 Å². The third kappa shape index (κ3) is 6.25. The maximum atomic E-state index is 12.6. The van der Waals surface area contributed by atoms with Crippen LogP contribution in [0.4, 0.5) is 5.82 Å². The summed E-state index contributed by atoms with van der Waals surface area (Å²) in [5, 5.41) is 2.73. The average Bonchev–Trinajstić information content (AvgIpc) is 2.58. The minimum absolute atomic E-state index is 0.0349. The van der Waals surface area contributed by atoms with E-state index in [1.807, 2.05) is 17.9 Å². The van der Waals surface area contributed by atoms with E-state index in [0.29, 0.717) is 12.4 Å². The number of anilines is 1. The summed E-state index contributed by atoms with van der Waals surface area (Å²) >= 11 is 3.30. The summed E-state index contributed by atoms with van der Waals surface area (Å²) in [7, 11) is 1.77. The second kappa shape index (κ2) is 9.68. The highest BCUT2D eigenvalue weighted by Crippen LogP contribution is 2.21. The smallest absolute Gasteiger partial charge is 0.240 e. The molecule has 1 aromatic heterocycles. The van der Waals surface area contributed by atoms with Crippen LogP contribution in [-0.4, -0.2) is 53.3 Å².